The molecule has 1 N–H and O–H groups in total. The maximum atomic E-state index is 13.1. The summed E-state index contributed by atoms with van der Waals surface area (Å²) in [6, 6.07) is 11.0. The Morgan fingerprint density at radius 1 is 1.21 bits per heavy atom. The number of hydrogen-bond acceptors (Lipinski definition) is 2. The van der Waals surface area contributed by atoms with Gasteiger partial charge in [-0.25, -0.2) is 9.18 Å². The molecule has 4 heteroatoms. The van der Waals surface area contributed by atoms with Crippen molar-refractivity contribution in [3.05, 3.63) is 65.0 Å². The van der Waals surface area contributed by atoms with Crippen LogP contribution >= 0.6 is 0 Å². The van der Waals surface area contributed by atoms with Crippen LogP contribution in [0.1, 0.15) is 21.5 Å². The molecule has 0 aromatic heterocycles. The van der Waals surface area contributed by atoms with Gasteiger partial charge in [0.1, 0.15) is 5.82 Å². The van der Waals surface area contributed by atoms with Crippen molar-refractivity contribution in [2.45, 2.75) is 6.92 Å². The predicted molar refractivity (Wildman–Crippen MR) is 71.8 cm³/mol. The van der Waals surface area contributed by atoms with Crippen molar-refractivity contribution >= 4 is 17.9 Å². The second-order valence-electron chi connectivity index (χ2n) is 4.14. The number of carbonyl (C=O) groups is 1. The zero-order valence-electron chi connectivity index (χ0n) is 10.3. The van der Waals surface area contributed by atoms with E-state index in [2.05, 4.69) is 4.99 Å². The van der Waals surface area contributed by atoms with E-state index in [-0.39, 0.29) is 11.3 Å². The van der Waals surface area contributed by atoms with Gasteiger partial charge in [-0.2, -0.15) is 0 Å². The van der Waals surface area contributed by atoms with Crippen LogP contribution in [0.4, 0.5) is 10.1 Å². The van der Waals surface area contributed by atoms with Gasteiger partial charge in [0, 0.05) is 12.3 Å². The standard InChI is InChI=1S/C15H12FNO2/c1-10-2-4-11(5-3-10)9-17-14-8-12(16)6-7-13(14)15(18)19/h2-9H,1H3,(H,18,19)/b17-9-. The first-order valence-electron chi connectivity index (χ1n) is 5.70. The van der Waals surface area contributed by atoms with E-state index in [1.54, 1.807) is 0 Å². The molecule has 96 valence electrons. The maximum Gasteiger partial charge on any atom is 0.337 e. The molecule has 0 fully saturated rings. The number of carboxylic acids is 1. The highest BCUT2D eigenvalue weighted by atomic mass is 19.1. The highest BCUT2D eigenvalue weighted by molar-refractivity contribution is 5.95. The van der Waals surface area contributed by atoms with Gasteiger partial charge >= 0.3 is 5.97 Å². The minimum atomic E-state index is -1.13. The van der Waals surface area contributed by atoms with Crippen LogP contribution in [0.3, 0.4) is 0 Å². The summed E-state index contributed by atoms with van der Waals surface area (Å²) in [7, 11) is 0. The quantitative estimate of drug-likeness (QED) is 0.854. The summed E-state index contributed by atoms with van der Waals surface area (Å²) in [5, 5.41) is 8.99. The Labute approximate surface area is 110 Å². The smallest absolute Gasteiger partial charge is 0.337 e. The average molecular weight is 257 g/mol. The summed E-state index contributed by atoms with van der Waals surface area (Å²) >= 11 is 0. The lowest BCUT2D eigenvalue weighted by Gasteiger charge is -2.01. The van der Waals surface area contributed by atoms with Gasteiger partial charge in [0.25, 0.3) is 0 Å². The number of benzene rings is 2. The van der Waals surface area contributed by atoms with E-state index < -0.39 is 11.8 Å². The lowest BCUT2D eigenvalue weighted by atomic mass is 10.1. The van der Waals surface area contributed by atoms with Gasteiger partial charge in [0.15, 0.2) is 0 Å². The van der Waals surface area contributed by atoms with Crippen molar-refractivity contribution in [3.63, 3.8) is 0 Å². The Hall–Kier alpha value is -2.49. The largest absolute Gasteiger partial charge is 0.478 e. The molecular formula is C15H12FNO2. The van der Waals surface area contributed by atoms with Gasteiger partial charge in [-0.3, -0.25) is 4.99 Å². The molecule has 0 atom stereocenters. The second-order valence-corrected chi connectivity index (χ2v) is 4.14. The van der Waals surface area contributed by atoms with Crippen LogP contribution in [0.2, 0.25) is 0 Å². The molecule has 0 aliphatic carbocycles. The lowest BCUT2D eigenvalue weighted by molar-refractivity contribution is 0.0698. The molecule has 0 saturated carbocycles. The van der Waals surface area contributed by atoms with Crippen molar-refractivity contribution in [3.8, 4) is 0 Å². The SMILES string of the molecule is Cc1ccc(/C=N\c2cc(F)ccc2C(=O)O)cc1. The summed E-state index contributed by atoms with van der Waals surface area (Å²) in [4.78, 5) is 15.0. The Balaban J connectivity index is 2.34. The normalized spacial score (nSPS) is 10.8. The van der Waals surface area contributed by atoms with Crippen LogP contribution in [0, 0.1) is 12.7 Å². The van der Waals surface area contributed by atoms with E-state index in [4.69, 9.17) is 5.11 Å². The van der Waals surface area contributed by atoms with Gasteiger partial charge in [0.05, 0.1) is 11.3 Å². The molecule has 2 rings (SSSR count). The Bertz CT molecular complexity index is 633. The first-order valence-corrected chi connectivity index (χ1v) is 5.70. The van der Waals surface area contributed by atoms with Crippen molar-refractivity contribution in [2.75, 3.05) is 0 Å². The first-order chi connectivity index (χ1) is 9.06. The third-order valence-corrected chi connectivity index (χ3v) is 2.62. The summed E-state index contributed by atoms with van der Waals surface area (Å²) in [5.41, 5.74) is 2.03. The topological polar surface area (TPSA) is 49.7 Å². The molecule has 0 aliphatic rings. The van der Waals surface area contributed by atoms with E-state index in [0.29, 0.717) is 0 Å². The summed E-state index contributed by atoms with van der Waals surface area (Å²) in [6.45, 7) is 1.97. The molecular weight excluding hydrogens is 245 g/mol. The van der Waals surface area contributed by atoms with E-state index in [1.165, 1.54) is 12.3 Å². The van der Waals surface area contributed by atoms with Crippen LogP contribution in [0.15, 0.2) is 47.5 Å². The van der Waals surface area contributed by atoms with Crippen LogP contribution in [0.25, 0.3) is 0 Å². The van der Waals surface area contributed by atoms with E-state index >= 15 is 0 Å². The van der Waals surface area contributed by atoms with Gasteiger partial charge < -0.3 is 5.11 Å². The third-order valence-electron chi connectivity index (χ3n) is 2.62. The van der Waals surface area contributed by atoms with Gasteiger partial charge in [-0.1, -0.05) is 29.8 Å². The van der Waals surface area contributed by atoms with Crippen LogP contribution in [0.5, 0.6) is 0 Å². The monoisotopic (exact) mass is 257 g/mol. The number of aryl methyl sites for hydroxylation is 1. The Morgan fingerprint density at radius 3 is 2.53 bits per heavy atom. The number of rotatable bonds is 3. The van der Waals surface area contributed by atoms with Gasteiger partial charge in [0.2, 0.25) is 0 Å². The first kappa shape index (κ1) is 13.0. The predicted octanol–water partition coefficient (Wildman–Crippen LogP) is 3.58. The number of aromatic carboxylic acids is 1. The van der Waals surface area contributed by atoms with E-state index in [9.17, 15) is 9.18 Å². The Morgan fingerprint density at radius 2 is 1.89 bits per heavy atom. The van der Waals surface area contributed by atoms with Crippen LogP contribution in [-0.2, 0) is 0 Å². The fourth-order valence-electron chi connectivity index (χ4n) is 1.59. The lowest BCUT2D eigenvalue weighted by Crippen LogP contribution is -1.97. The van der Waals surface area contributed by atoms with Crippen molar-refractivity contribution in [1.29, 1.82) is 0 Å². The number of halogens is 1. The molecule has 0 heterocycles. The number of hydrogen-bond donors (Lipinski definition) is 1. The zero-order chi connectivity index (χ0) is 13.8. The molecule has 19 heavy (non-hydrogen) atoms. The molecule has 0 amide bonds. The van der Waals surface area contributed by atoms with Crippen LogP contribution < -0.4 is 0 Å². The third kappa shape index (κ3) is 3.25. The molecule has 0 unspecified atom stereocenters. The van der Waals surface area contributed by atoms with Gasteiger partial charge in [-0.05, 0) is 24.6 Å². The summed E-state index contributed by atoms with van der Waals surface area (Å²) in [6.07, 6.45) is 1.51. The highest BCUT2D eigenvalue weighted by Gasteiger charge is 2.09. The van der Waals surface area contributed by atoms with E-state index in [0.717, 1.165) is 23.3 Å². The Kier molecular flexibility index (Phi) is 3.71. The molecule has 0 radical (unpaired) electrons. The minimum Gasteiger partial charge on any atom is -0.478 e. The molecule has 2 aromatic rings. The number of carboxylic acid groups (broad SMARTS) is 1. The molecule has 0 aliphatic heterocycles. The maximum absolute atomic E-state index is 13.1. The molecule has 3 nitrogen and oxygen atoms in total. The van der Waals surface area contributed by atoms with Crippen LogP contribution in [-0.4, -0.2) is 17.3 Å². The summed E-state index contributed by atoms with van der Waals surface area (Å²) in [5.74, 6) is -1.64. The van der Waals surface area contributed by atoms with Crippen molar-refractivity contribution < 1.29 is 14.3 Å². The fourth-order valence-corrected chi connectivity index (χ4v) is 1.59. The second kappa shape index (κ2) is 5.44. The number of nitrogens with zero attached hydrogens (tertiary/aromatic N) is 1. The van der Waals surface area contributed by atoms with Crippen molar-refractivity contribution in [2.24, 2.45) is 4.99 Å². The number of aliphatic imine (C=N–C) groups is 1. The molecule has 0 spiro atoms. The average Bonchev–Trinajstić information content (AvgIpc) is 2.38. The fraction of sp³-hybridized carbons (Fsp3) is 0.0667. The molecule has 0 saturated heterocycles. The van der Waals surface area contributed by atoms with Gasteiger partial charge in [-0.15, -0.1) is 0 Å². The van der Waals surface area contributed by atoms with Crippen molar-refractivity contribution in [1.82, 2.24) is 0 Å². The minimum absolute atomic E-state index is 0.0234. The molecule has 2 aromatic carbocycles. The molecule has 0 bridgehead atoms. The zero-order valence-corrected chi connectivity index (χ0v) is 10.3. The summed E-state index contributed by atoms with van der Waals surface area (Å²) < 4.78 is 13.1. The van der Waals surface area contributed by atoms with E-state index in [1.807, 2.05) is 31.2 Å². The highest BCUT2D eigenvalue weighted by Crippen LogP contribution is 2.20.